The summed E-state index contributed by atoms with van der Waals surface area (Å²) >= 11 is 0. The third kappa shape index (κ3) is 3.90. The SMILES string of the molecule is CCOc1cccc(NC(=O)c2cc(OC)c(OC)c(OC)c2)c1. The van der Waals surface area contributed by atoms with E-state index < -0.39 is 0 Å². The molecule has 6 nitrogen and oxygen atoms in total. The van der Waals surface area contributed by atoms with E-state index in [1.807, 2.05) is 19.1 Å². The largest absolute Gasteiger partial charge is 0.494 e. The highest BCUT2D eigenvalue weighted by Gasteiger charge is 2.17. The second kappa shape index (κ2) is 8.10. The zero-order chi connectivity index (χ0) is 17.5. The van der Waals surface area contributed by atoms with E-state index in [0.29, 0.717) is 40.9 Å². The van der Waals surface area contributed by atoms with E-state index in [1.165, 1.54) is 21.3 Å². The van der Waals surface area contributed by atoms with E-state index in [9.17, 15) is 4.79 Å². The number of benzene rings is 2. The minimum absolute atomic E-state index is 0.289. The average Bonchev–Trinajstić information content (AvgIpc) is 2.60. The van der Waals surface area contributed by atoms with Crippen molar-refractivity contribution < 1.29 is 23.7 Å². The Balaban J connectivity index is 2.28. The maximum atomic E-state index is 12.5. The predicted octanol–water partition coefficient (Wildman–Crippen LogP) is 3.36. The quantitative estimate of drug-likeness (QED) is 0.843. The molecule has 128 valence electrons. The van der Waals surface area contributed by atoms with E-state index in [2.05, 4.69) is 5.32 Å². The minimum atomic E-state index is -0.289. The Labute approximate surface area is 141 Å². The van der Waals surface area contributed by atoms with Crippen LogP contribution in [0.15, 0.2) is 36.4 Å². The molecule has 0 saturated carbocycles. The first-order valence-corrected chi connectivity index (χ1v) is 7.47. The summed E-state index contributed by atoms with van der Waals surface area (Å²) in [5.74, 6) is 1.69. The number of carbonyl (C=O) groups excluding carboxylic acids is 1. The topological polar surface area (TPSA) is 66.0 Å². The Bertz CT molecular complexity index is 689. The fraction of sp³-hybridized carbons (Fsp3) is 0.278. The van der Waals surface area contributed by atoms with Gasteiger partial charge in [0.15, 0.2) is 11.5 Å². The van der Waals surface area contributed by atoms with Gasteiger partial charge in [0, 0.05) is 17.3 Å². The molecule has 24 heavy (non-hydrogen) atoms. The fourth-order valence-corrected chi connectivity index (χ4v) is 2.25. The molecule has 1 amide bonds. The van der Waals surface area contributed by atoms with E-state index in [0.717, 1.165) is 0 Å². The molecule has 0 aliphatic rings. The summed E-state index contributed by atoms with van der Waals surface area (Å²) < 4.78 is 21.2. The molecule has 0 atom stereocenters. The first-order valence-electron chi connectivity index (χ1n) is 7.47. The number of carbonyl (C=O) groups is 1. The van der Waals surface area contributed by atoms with Gasteiger partial charge in [0.25, 0.3) is 5.91 Å². The Kier molecular flexibility index (Phi) is 5.89. The van der Waals surface area contributed by atoms with Gasteiger partial charge in [0.1, 0.15) is 5.75 Å². The standard InChI is InChI=1S/C18H21NO5/c1-5-24-14-8-6-7-13(11-14)19-18(20)12-9-15(21-2)17(23-4)16(10-12)22-3/h6-11H,5H2,1-4H3,(H,19,20). The molecule has 0 spiro atoms. The van der Waals surface area contributed by atoms with Gasteiger partial charge >= 0.3 is 0 Å². The molecule has 0 fully saturated rings. The molecule has 1 N–H and O–H groups in total. The van der Waals surface area contributed by atoms with Crippen LogP contribution in [0.2, 0.25) is 0 Å². The van der Waals surface area contributed by atoms with Crippen LogP contribution in [0.1, 0.15) is 17.3 Å². The first kappa shape index (κ1) is 17.5. The molecule has 0 unspecified atom stereocenters. The molecule has 2 rings (SSSR count). The van der Waals surface area contributed by atoms with Crippen LogP contribution in [0.3, 0.4) is 0 Å². The summed E-state index contributed by atoms with van der Waals surface area (Å²) in [4.78, 5) is 12.5. The van der Waals surface area contributed by atoms with Gasteiger partial charge in [-0.1, -0.05) is 6.07 Å². The highest BCUT2D eigenvalue weighted by Crippen LogP contribution is 2.38. The van der Waals surface area contributed by atoms with Crippen molar-refractivity contribution in [2.75, 3.05) is 33.3 Å². The smallest absolute Gasteiger partial charge is 0.255 e. The summed E-state index contributed by atoms with van der Waals surface area (Å²) in [7, 11) is 4.52. The van der Waals surface area contributed by atoms with Crippen LogP contribution < -0.4 is 24.3 Å². The number of nitrogens with one attached hydrogen (secondary N) is 1. The number of amides is 1. The average molecular weight is 331 g/mol. The molecule has 0 aliphatic heterocycles. The number of anilines is 1. The summed E-state index contributed by atoms with van der Waals surface area (Å²) in [6, 6.07) is 10.4. The van der Waals surface area contributed by atoms with Crippen LogP contribution in [0, 0.1) is 0 Å². The number of hydrogen-bond acceptors (Lipinski definition) is 5. The Morgan fingerprint density at radius 3 is 2.21 bits per heavy atom. The van der Waals surface area contributed by atoms with Crippen molar-refractivity contribution in [3.05, 3.63) is 42.0 Å². The lowest BCUT2D eigenvalue weighted by Gasteiger charge is -2.14. The van der Waals surface area contributed by atoms with Crippen LogP contribution in [0.4, 0.5) is 5.69 Å². The van der Waals surface area contributed by atoms with Crippen LogP contribution >= 0.6 is 0 Å². The predicted molar refractivity (Wildman–Crippen MR) is 91.7 cm³/mol. The Morgan fingerprint density at radius 1 is 1.00 bits per heavy atom. The monoisotopic (exact) mass is 331 g/mol. The Morgan fingerprint density at radius 2 is 1.67 bits per heavy atom. The van der Waals surface area contributed by atoms with Crippen LogP contribution in [0.25, 0.3) is 0 Å². The second-order valence-electron chi connectivity index (χ2n) is 4.83. The van der Waals surface area contributed by atoms with E-state index in [4.69, 9.17) is 18.9 Å². The van der Waals surface area contributed by atoms with Crippen molar-refractivity contribution in [2.24, 2.45) is 0 Å². The molecular formula is C18H21NO5. The number of hydrogen-bond donors (Lipinski definition) is 1. The lowest BCUT2D eigenvalue weighted by molar-refractivity contribution is 0.102. The molecule has 0 bridgehead atoms. The van der Waals surface area contributed by atoms with Crippen molar-refractivity contribution in [3.8, 4) is 23.0 Å². The maximum absolute atomic E-state index is 12.5. The zero-order valence-electron chi connectivity index (χ0n) is 14.2. The van der Waals surface area contributed by atoms with E-state index in [-0.39, 0.29) is 5.91 Å². The summed E-state index contributed by atoms with van der Waals surface area (Å²) in [5, 5.41) is 2.83. The maximum Gasteiger partial charge on any atom is 0.255 e. The normalized spacial score (nSPS) is 10.0. The van der Waals surface area contributed by atoms with Crippen molar-refractivity contribution in [1.82, 2.24) is 0 Å². The molecule has 0 radical (unpaired) electrons. The third-order valence-corrected chi connectivity index (χ3v) is 3.33. The molecule has 2 aromatic carbocycles. The minimum Gasteiger partial charge on any atom is -0.494 e. The van der Waals surface area contributed by atoms with E-state index >= 15 is 0 Å². The van der Waals surface area contributed by atoms with Crippen molar-refractivity contribution in [1.29, 1.82) is 0 Å². The fourth-order valence-electron chi connectivity index (χ4n) is 2.25. The summed E-state index contributed by atoms with van der Waals surface area (Å²) in [6.07, 6.45) is 0. The number of rotatable bonds is 7. The van der Waals surface area contributed by atoms with Gasteiger partial charge in [-0.05, 0) is 31.2 Å². The highest BCUT2D eigenvalue weighted by molar-refractivity contribution is 6.05. The molecule has 6 heteroatoms. The van der Waals surface area contributed by atoms with Gasteiger partial charge in [-0.3, -0.25) is 4.79 Å². The van der Waals surface area contributed by atoms with Gasteiger partial charge in [0.05, 0.1) is 27.9 Å². The van der Waals surface area contributed by atoms with Crippen molar-refractivity contribution >= 4 is 11.6 Å². The molecule has 2 aromatic rings. The summed E-state index contributed by atoms with van der Waals surface area (Å²) in [6.45, 7) is 2.46. The lowest BCUT2D eigenvalue weighted by atomic mass is 10.1. The van der Waals surface area contributed by atoms with Crippen molar-refractivity contribution in [3.63, 3.8) is 0 Å². The number of methoxy groups -OCH3 is 3. The Hall–Kier alpha value is -2.89. The van der Waals surface area contributed by atoms with Gasteiger partial charge < -0.3 is 24.3 Å². The van der Waals surface area contributed by atoms with Gasteiger partial charge in [0.2, 0.25) is 5.75 Å². The van der Waals surface area contributed by atoms with Crippen LogP contribution in [-0.4, -0.2) is 33.8 Å². The van der Waals surface area contributed by atoms with Gasteiger partial charge in [-0.2, -0.15) is 0 Å². The third-order valence-electron chi connectivity index (χ3n) is 3.33. The molecule has 0 saturated heterocycles. The molecule has 0 aliphatic carbocycles. The molecule has 0 heterocycles. The van der Waals surface area contributed by atoms with Crippen LogP contribution in [0.5, 0.6) is 23.0 Å². The summed E-state index contributed by atoms with van der Waals surface area (Å²) in [5.41, 5.74) is 1.03. The highest BCUT2D eigenvalue weighted by atomic mass is 16.5. The van der Waals surface area contributed by atoms with Crippen LogP contribution in [-0.2, 0) is 0 Å². The van der Waals surface area contributed by atoms with Gasteiger partial charge in [-0.25, -0.2) is 0 Å². The molecular weight excluding hydrogens is 310 g/mol. The molecule has 0 aromatic heterocycles. The first-order chi connectivity index (χ1) is 11.6. The lowest BCUT2D eigenvalue weighted by Crippen LogP contribution is -2.12. The second-order valence-corrected chi connectivity index (χ2v) is 4.83. The zero-order valence-corrected chi connectivity index (χ0v) is 14.2. The number of ether oxygens (including phenoxy) is 4. The van der Waals surface area contributed by atoms with E-state index in [1.54, 1.807) is 24.3 Å². The van der Waals surface area contributed by atoms with Crippen molar-refractivity contribution in [2.45, 2.75) is 6.92 Å². The van der Waals surface area contributed by atoms with Gasteiger partial charge in [-0.15, -0.1) is 0 Å².